The molecule has 1 aliphatic rings. The molecule has 0 radical (unpaired) electrons. The molecule has 0 bridgehead atoms. The van der Waals surface area contributed by atoms with Crippen molar-refractivity contribution in [2.24, 2.45) is 5.92 Å². The number of aliphatic hydroxyl groups is 1. The van der Waals surface area contributed by atoms with Crippen molar-refractivity contribution in [3.8, 4) is 0 Å². The van der Waals surface area contributed by atoms with Crippen LogP contribution in [0.2, 0.25) is 0 Å². The minimum Gasteiger partial charge on any atom is -0.394 e. The molecule has 2 rings (SSSR count). The van der Waals surface area contributed by atoms with Gasteiger partial charge in [-0.2, -0.15) is 0 Å². The molecule has 0 saturated carbocycles. The Morgan fingerprint density at radius 3 is 3.10 bits per heavy atom. The van der Waals surface area contributed by atoms with E-state index in [0.717, 1.165) is 24.1 Å². The second kappa shape index (κ2) is 8.19. The van der Waals surface area contributed by atoms with Crippen LogP contribution in [0.3, 0.4) is 0 Å². The fourth-order valence-electron chi connectivity index (χ4n) is 2.28. The molecule has 0 fully saturated rings. The number of ether oxygens (including phenoxy) is 1. The van der Waals surface area contributed by atoms with Crippen molar-refractivity contribution in [3.05, 3.63) is 34.5 Å². The molecule has 1 amide bonds. The number of allylic oxidation sites excluding steroid dienone is 2. The molecule has 5 heteroatoms. The third-order valence-corrected chi connectivity index (χ3v) is 4.34. The number of hydrogen-bond donors (Lipinski definition) is 2. The Labute approximate surface area is 123 Å². The highest BCUT2D eigenvalue weighted by Gasteiger charge is 2.20. The first-order valence-corrected chi connectivity index (χ1v) is 7.88. The monoisotopic (exact) mass is 295 g/mol. The van der Waals surface area contributed by atoms with Gasteiger partial charge in [-0.25, -0.2) is 0 Å². The number of amides is 1. The molecule has 2 atom stereocenters. The second-order valence-corrected chi connectivity index (χ2v) is 5.80. The van der Waals surface area contributed by atoms with Gasteiger partial charge >= 0.3 is 0 Å². The van der Waals surface area contributed by atoms with E-state index >= 15 is 0 Å². The van der Waals surface area contributed by atoms with Gasteiger partial charge in [0.2, 0.25) is 5.91 Å². The first kappa shape index (κ1) is 15.2. The zero-order valence-corrected chi connectivity index (χ0v) is 12.3. The molecule has 1 aliphatic carbocycles. The summed E-state index contributed by atoms with van der Waals surface area (Å²) in [6.45, 7) is 0.730. The average molecular weight is 295 g/mol. The number of aliphatic hydroxyl groups excluding tert-OH is 1. The van der Waals surface area contributed by atoms with Crippen LogP contribution in [0.4, 0.5) is 0 Å². The van der Waals surface area contributed by atoms with Gasteiger partial charge < -0.3 is 15.2 Å². The topological polar surface area (TPSA) is 58.6 Å². The highest BCUT2D eigenvalue weighted by molar-refractivity contribution is 7.10. The van der Waals surface area contributed by atoms with E-state index in [4.69, 9.17) is 9.84 Å². The molecular weight excluding hydrogens is 274 g/mol. The Morgan fingerprint density at radius 2 is 2.45 bits per heavy atom. The Morgan fingerprint density at radius 1 is 1.55 bits per heavy atom. The number of carbonyl (C=O) groups is 1. The molecule has 20 heavy (non-hydrogen) atoms. The van der Waals surface area contributed by atoms with Crippen molar-refractivity contribution in [1.82, 2.24) is 5.32 Å². The number of carbonyl (C=O) groups excluding carboxylic acids is 1. The van der Waals surface area contributed by atoms with Gasteiger partial charge in [-0.3, -0.25) is 4.79 Å². The lowest BCUT2D eigenvalue weighted by atomic mass is 9.93. The molecule has 0 aromatic carbocycles. The highest BCUT2D eigenvalue weighted by atomic mass is 32.1. The van der Waals surface area contributed by atoms with E-state index < -0.39 is 0 Å². The minimum atomic E-state index is -0.176. The smallest absolute Gasteiger partial charge is 0.223 e. The fourth-order valence-corrected chi connectivity index (χ4v) is 3.06. The van der Waals surface area contributed by atoms with Crippen molar-refractivity contribution < 1.29 is 14.6 Å². The average Bonchev–Trinajstić information content (AvgIpc) is 3.02. The van der Waals surface area contributed by atoms with Crippen LogP contribution >= 0.6 is 11.3 Å². The number of nitrogens with one attached hydrogen (secondary N) is 1. The van der Waals surface area contributed by atoms with Crippen LogP contribution in [0.25, 0.3) is 0 Å². The summed E-state index contributed by atoms with van der Waals surface area (Å²) >= 11 is 1.60. The SMILES string of the molecule is O=C(NC[C@@H](OCCO)c1cccs1)[C@@H]1CC=CCC1. The summed E-state index contributed by atoms with van der Waals surface area (Å²) in [6.07, 6.45) is 6.75. The molecule has 0 aliphatic heterocycles. The van der Waals surface area contributed by atoms with Gasteiger partial charge in [-0.15, -0.1) is 11.3 Å². The van der Waals surface area contributed by atoms with Crippen molar-refractivity contribution >= 4 is 17.2 Å². The lowest BCUT2D eigenvalue weighted by Gasteiger charge is -2.21. The summed E-state index contributed by atoms with van der Waals surface area (Å²) in [5.74, 6) is 0.185. The van der Waals surface area contributed by atoms with E-state index in [1.807, 2.05) is 17.5 Å². The maximum Gasteiger partial charge on any atom is 0.223 e. The Kier molecular flexibility index (Phi) is 6.24. The van der Waals surface area contributed by atoms with E-state index in [1.165, 1.54) is 0 Å². The van der Waals surface area contributed by atoms with Crippen LogP contribution in [-0.4, -0.2) is 30.8 Å². The van der Waals surface area contributed by atoms with E-state index in [0.29, 0.717) is 6.54 Å². The lowest BCUT2D eigenvalue weighted by molar-refractivity contribution is -0.126. The van der Waals surface area contributed by atoms with Crippen molar-refractivity contribution in [3.63, 3.8) is 0 Å². The number of hydrogen-bond acceptors (Lipinski definition) is 4. The number of rotatable bonds is 7. The first-order chi connectivity index (χ1) is 9.81. The van der Waals surface area contributed by atoms with Crippen molar-refractivity contribution in [2.45, 2.75) is 25.4 Å². The number of thiophene rings is 1. The Balaban J connectivity index is 1.84. The molecule has 2 N–H and O–H groups in total. The van der Waals surface area contributed by atoms with Crippen molar-refractivity contribution in [2.75, 3.05) is 19.8 Å². The third-order valence-electron chi connectivity index (χ3n) is 3.37. The Hall–Kier alpha value is -1.17. The van der Waals surface area contributed by atoms with E-state index in [2.05, 4.69) is 17.5 Å². The van der Waals surface area contributed by atoms with Gasteiger partial charge in [-0.1, -0.05) is 18.2 Å². The van der Waals surface area contributed by atoms with Crippen LogP contribution in [0.5, 0.6) is 0 Å². The Bertz CT molecular complexity index is 430. The van der Waals surface area contributed by atoms with Gasteiger partial charge in [-0.05, 0) is 30.7 Å². The second-order valence-electron chi connectivity index (χ2n) is 4.82. The summed E-state index contributed by atoms with van der Waals surface area (Å²) in [5.41, 5.74) is 0. The summed E-state index contributed by atoms with van der Waals surface area (Å²) < 4.78 is 5.61. The lowest BCUT2D eigenvalue weighted by Crippen LogP contribution is -2.34. The molecule has 4 nitrogen and oxygen atoms in total. The summed E-state index contributed by atoms with van der Waals surface area (Å²) in [6, 6.07) is 3.95. The largest absolute Gasteiger partial charge is 0.394 e. The van der Waals surface area contributed by atoms with Crippen LogP contribution in [-0.2, 0) is 9.53 Å². The quantitative estimate of drug-likeness (QED) is 0.759. The minimum absolute atomic E-state index is 0.0107. The maximum absolute atomic E-state index is 12.1. The molecular formula is C15H21NO3S. The van der Waals surface area contributed by atoms with E-state index in [-0.39, 0.29) is 31.1 Å². The third kappa shape index (κ3) is 4.44. The molecule has 0 spiro atoms. The van der Waals surface area contributed by atoms with Gasteiger partial charge in [0.25, 0.3) is 0 Å². The van der Waals surface area contributed by atoms with E-state index in [1.54, 1.807) is 11.3 Å². The van der Waals surface area contributed by atoms with Gasteiger partial charge in [0.15, 0.2) is 0 Å². The standard InChI is InChI=1S/C15H21NO3S/c17-8-9-19-13(14-7-4-10-20-14)11-16-15(18)12-5-2-1-3-6-12/h1-2,4,7,10,12-13,17H,3,5-6,8-9,11H2,(H,16,18)/t12-,13-/m1/s1. The molecule has 0 unspecified atom stereocenters. The van der Waals surface area contributed by atoms with Crippen LogP contribution in [0.1, 0.15) is 30.2 Å². The molecule has 1 aromatic rings. The summed E-state index contributed by atoms with van der Waals surface area (Å²) in [4.78, 5) is 13.2. The van der Waals surface area contributed by atoms with Crippen LogP contribution in [0.15, 0.2) is 29.7 Å². The van der Waals surface area contributed by atoms with Crippen molar-refractivity contribution in [1.29, 1.82) is 0 Å². The fraction of sp³-hybridized carbons (Fsp3) is 0.533. The summed E-state index contributed by atoms with van der Waals surface area (Å²) in [5, 5.41) is 13.8. The molecule has 110 valence electrons. The zero-order valence-electron chi connectivity index (χ0n) is 11.5. The predicted molar refractivity (Wildman–Crippen MR) is 79.6 cm³/mol. The van der Waals surface area contributed by atoms with Crippen LogP contribution in [0, 0.1) is 5.92 Å². The zero-order chi connectivity index (χ0) is 14.2. The molecule has 1 aromatic heterocycles. The van der Waals surface area contributed by atoms with Gasteiger partial charge in [0, 0.05) is 17.3 Å². The van der Waals surface area contributed by atoms with Crippen LogP contribution < -0.4 is 5.32 Å². The van der Waals surface area contributed by atoms with Gasteiger partial charge in [0.05, 0.1) is 13.2 Å². The van der Waals surface area contributed by atoms with Gasteiger partial charge in [0.1, 0.15) is 6.10 Å². The predicted octanol–water partition coefficient (Wildman–Crippen LogP) is 2.27. The first-order valence-electron chi connectivity index (χ1n) is 7.00. The van der Waals surface area contributed by atoms with E-state index in [9.17, 15) is 4.79 Å². The highest BCUT2D eigenvalue weighted by Crippen LogP contribution is 2.23. The summed E-state index contributed by atoms with van der Waals surface area (Å²) in [7, 11) is 0. The molecule has 0 saturated heterocycles. The maximum atomic E-state index is 12.1. The normalized spacial score (nSPS) is 19.8. The molecule has 1 heterocycles.